The fourth-order valence-electron chi connectivity index (χ4n) is 3.77. The second-order valence-corrected chi connectivity index (χ2v) is 7.48. The fourth-order valence-corrected chi connectivity index (χ4v) is 3.77. The van der Waals surface area contributed by atoms with Gasteiger partial charge in [0.15, 0.2) is 0 Å². The Morgan fingerprint density at radius 1 is 1.00 bits per heavy atom. The normalized spacial score (nSPS) is 14.6. The molecule has 1 heterocycles. The summed E-state index contributed by atoms with van der Waals surface area (Å²) in [7, 11) is 0. The molecule has 3 aromatic rings. The highest BCUT2D eigenvalue weighted by Gasteiger charge is 2.22. The van der Waals surface area contributed by atoms with Crippen LogP contribution in [0.15, 0.2) is 53.1 Å². The number of aryl methyl sites for hydroxylation is 1. The van der Waals surface area contributed by atoms with Crippen molar-refractivity contribution in [3.63, 3.8) is 0 Å². The number of hydrogen-bond donors (Lipinski definition) is 2. The lowest BCUT2D eigenvalue weighted by atomic mass is 9.95. The van der Waals surface area contributed by atoms with Crippen LogP contribution in [0.5, 0.6) is 0 Å². The van der Waals surface area contributed by atoms with E-state index < -0.39 is 0 Å². The van der Waals surface area contributed by atoms with E-state index in [9.17, 15) is 9.18 Å². The van der Waals surface area contributed by atoms with Crippen LogP contribution in [-0.2, 0) is 0 Å². The standard InChI is InChI=1S/C23H24FN3O2/c1-15-21(22(27-29-15)16-7-9-17(24)10-8-16)23(28)26-20-13-11-19(12-14-20)25-18-5-3-2-4-6-18/h7-14,18,25H,2-6H2,1H3,(H,26,28). The highest BCUT2D eigenvalue weighted by Crippen LogP contribution is 2.27. The number of aromatic nitrogens is 1. The molecule has 0 bridgehead atoms. The minimum Gasteiger partial charge on any atom is -0.382 e. The van der Waals surface area contributed by atoms with E-state index in [2.05, 4.69) is 15.8 Å². The molecule has 2 N–H and O–H groups in total. The van der Waals surface area contributed by atoms with Gasteiger partial charge >= 0.3 is 0 Å². The summed E-state index contributed by atoms with van der Waals surface area (Å²) >= 11 is 0. The number of carbonyl (C=O) groups excluding carboxylic acids is 1. The first-order valence-corrected chi connectivity index (χ1v) is 10.0. The Labute approximate surface area is 169 Å². The minimum absolute atomic E-state index is 0.309. The predicted octanol–water partition coefficient (Wildman–Crippen LogP) is 5.79. The molecule has 5 nitrogen and oxygen atoms in total. The molecule has 1 aromatic heterocycles. The quantitative estimate of drug-likeness (QED) is 0.576. The van der Waals surface area contributed by atoms with Crippen LogP contribution in [0.1, 0.15) is 48.2 Å². The van der Waals surface area contributed by atoms with Gasteiger partial charge in [-0.05, 0) is 68.3 Å². The molecule has 1 fully saturated rings. The van der Waals surface area contributed by atoms with E-state index in [1.807, 2.05) is 24.3 Å². The molecule has 1 aliphatic carbocycles. The molecule has 1 amide bonds. The number of anilines is 2. The van der Waals surface area contributed by atoms with Crippen molar-refractivity contribution in [3.8, 4) is 11.3 Å². The molecular formula is C23H24FN3O2. The van der Waals surface area contributed by atoms with Crippen LogP contribution in [0.4, 0.5) is 15.8 Å². The molecule has 1 saturated carbocycles. The number of nitrogens with zero attached hydrogens (tertiary/aromatic N) is 1. The molecule has 2 aromatic carbocycles. The van der Waals surface area contributed by atoms with E-state index in [-0.39, 0.29) is 11.7 Å². The topological polar surface area (TPSA) is 67.2 Å². The number of hydrogen-bond acceptors (Lipinski definition) is 4. The summed E-state index contributed by atoms with van der Waals surface area (Å²) in [6.07, 6.45) is 6.29. The molecule has 0 unspecified atom stereocenters. The number of carbonyl (C=O) groups is 1. The lowest BCUT2D eigenvalue weighted by Crippen LogP contribution is -2.22. The first-order chi connectivity index (χ1) is 14.1. The van der Waals surface area contributed by atoms with Crippen LogP contribution in [0.3, 0.4) is 0 Å². The average Bonchev–Trinajstić information content (AvgIpc) is 3.12. The predicted molar refractivity (Wildman–Crippen MR) is 112 cm³/mol. The Bertz CT molecular complexity index is 974. The maximum atomic E-state index is 13.2. The summed E-state index contributed by atoms with van der Waals surface area (Å²) in [6.45, 7) is 1.69. The molecule has 29 heavy (non-hydrogen) atoms. The molecule has 0 aliphatic heterocycles. The van der Waals surface area contributed by atoms with Gasteiger partial charge in [-0.15, -0.1) is 0 Å². The molecule has 1 aliphatic rings. The van der Waals surface area contributed by atoms with Gasteiger partial charge in [-0.25, -0.2) is 4.39 Å². The van der Waals surface area contributed by atoms with Crippen LogP contribution in [0, 0.1) is 12.7 Å². The van der Waals surface area contributed by atoms with Crippen molar-refractivity contribution in [1.29, 1.82) is 0 Å². The van der Waals surface area contributed by atoms with Gasteiger partial charge in [0.2, 0.25) is 0 Å². The minimum atomic E-state index is -0.345. The number of rotatable bonds is 5. The van der Waals surface area contributed by atoms with Crippen molar-refractivity contribution < 1.29 is 13.7 Å². The van der Waals surface area contributed by atoms with Crippen molar-refractivity contribution in [2.75, 3.05) is 10.6 Å². The molecule has 0 saturated heterocycles. The van der Waals surface area contributed by atoms with E-state index in [1.54, 1.807) is 19.1 Å². The van der Waals surface area contributed by atoms with Crippen LogP contribution in [0.25, 0.3) is 11.3 Å². The lowest BCUT2D eigenvalue weighted by Gasteiger charge is -2.23. The summed E-state index contributed by atoms with van der Waals surface area (Å²) < 4.78 is 18.4. The number of amides is 1. The van der Waals surface area contributed by atoms with Gasteiger partial charge in [-0.1, -0.05) is 24.4 Å². The molecule has 0 atom stereocenters. The van der Waals surface area contributed by atoms with Gasteiger partial charge in [0.25, 0.3) is 5.91 Å². The summed E-state index contributed by atoms with van der Waals surface area (Å²) in [4.78, 5) is 12.9. The fraction of sp³-hybridized carbons (Fsp3) is 0.304. The SMILES string of the molecule is Cc1onc(-c2ccc(F)cc2)c1C(=O)Nc1ccc(NC2CCCCC2)cc1. The van der Waals surface area contributed by atoms with E-state index >= 15 is 0 Å². The number of benzene rings is 2. The van der Waals surface area contributed by atoms with E-state index in [0.29, 0.717) is 34.3 Å². The molecule has 0 spiro atoms. The Morgan fingerprint density at radius 2 is 1.66 bits per heavy atom. The lowest BCUT2D eigenvalue weighted by molar-refractivity contribution is 0.102. The maximum Gasteiger partial charge on any atom is 0.261 e. The van der Waals surface area contributed by atoms with Gasteiger partial charge in [0.1, 0.15) is 22.8 Å². The average molecular weight is 393 g/mol. The summed E-state index contributed by atoms with van der Waals surface area (Å²) in [5.74, 6) is -0.240. The highest BCUT2D eigenvalue weighted by atomic mass is 19.1. The van der Waals surface area contributed by atoms with Gasteiger partial charge < -0.3 is 15.2 Å². The summed E-state index contributed by atoms with van der Waals surface area (Å²) in [6, 6.07) is 14.1. The van der Waals surface area contributed by atoms with Crippen LogP contribution in [0.2, 0.25) is 0 Å². The van der Waals surface area contributed by atoms with Gasteiger partial charge in [-0.3, -0.25) is 4.79 Å². The van der Waals surface area contributed by atoms with Gasteiger partial charge in [-0.2, -0.15) is 0 Å². The van der Waals surface area contributed by atoms with Crippen LogP contribution < -0.4 is 10.6 Å². The number of halogens is 1. The molecule has 4 rings (SSSR count). The zero-order valence-corrected chi connectivity index (χ0v) is 16.4. The van der Waals surface area contributed by atoms with E-state index in [4.69, 9.17) is 4.52 Å². The zero-order chi connectivity index (χ0) is 20.2. The van der Waals surface area contributed by atoms with Gasteiger partial charge in [0, 0.05) is 23.0 Å². The Kier molecular flexibility index (Phi) is 5.60. The summed E-state index contributed by atoms with van der Waals surface area (Å²) in [5.41, 5.74) is 3.12. The summed E-state index contributed by atoms with van der Waals surface area (Å²) in [5, 5.41) is 10.5. The van der Waals surface area contributed by atoms with Crippen LogP contribution >= 0.6 is 0 Å². The highest BCUT2D eigenvalue weighted by molar-refractivity contribution is 6.08. The first kappa shape index (κ1) is 19.2. The first-order valence-electron chi connectivity index (χ1n) is 10.0. The maximum absolute atomic E-state index is 13.2. The molecule has 150 valence electrons. The Balaban J connectivity index is 1.47. The van der Waals surface area contributed by atoms with E-state index in [0.717, 1.165) is 5.69 Å². The third-order valence-electron chi connectivity index (χ3n) is 5.33. The zero-order valence-electron chi connectivity index (χ0n) is 16.4. The second kappa shape index (κ2) is 8.47. The second-order valence-electron chi connectivity index (χ2n) is 7.48. The van der Waals surface area contributed by atoms with Crippen molar-refractivity contribution in [1.82, 2.24) is 5.16 Å². The number of nitrogens with one attached hydrogen (secondary N) is 2. The largest absolute Gasteiger partial charge is 0.382 e. The van der Waals surface area contributed by atoms with Crippen LogP contribution in [-0.4, -0.2) is 17.1 Å². The molecular weight excluding hydrogens is 369 g/mol. The molecule has 0 radical (unpaired) electrons. The van der Waals surface area contributed by atoms with Gasteiger partial charge in [0.05, 0.1) is 0 Å². The monoisotopic (exact) mass is 393 g/mol. The van der Waals surface area contributed by atoms with Crippen molar-refractivity contribution >= 4 is 17.3 Å². The Morgan fingerprint density at radius 3 is 2.34 bits per heavy atom. The third-order valence-corrected chi connectivity index (χ3v) is 5.33. The van der Waals surface area contributed by atoms with E-state index in [1.165, 1.54) is 44.2 Å². The Hall–Kier alpha value is -3.15. The van der Waals surface area contributed by atoms with Crippen molar-refractivity contribution in [2.45, 2.75) is 45.1 Å². The van der Waals surface area contributed by atoms with Crippen molar-refractivity contribution in [3.05, 3.63) is 65.7 Å². The molecule has 6 heteroatoms. The third kappa shape index (κ3) is 4.47. The smallest absolute Gasteiger partial charge is 0.261 e. The van der Waals surface area contributed by atoms with Crippen molar-refractivity contribution in [2.24, 2.45) is 0 Å².